The molecule has 0 spiro atoms. The van der Waals surface area contributed by atoms with Crippen LogP contribution in [0.1, 0.15) is 6.23 Å². The summed E-state index contributed by atoms with van der Waals surface area (Å²) in [6.45, 7) is -0.392. The lowest BCUT2D eigenvalue weighted by molar-refractivity contribution is -0.0511. The van der Waals surface area contributed by atoms with E-state index in [2.05, 4.69) is 20.1 Å². The highest BCUT2D eigenvalue weighted by molar-refractivity contribution is 5.85. The van der Waals surface area contributed by atoms with Crippen LogP contribution < -0.4 is 0 Å². The Bertz CT molecular complexity index is 877. The molecule has 0 bridgehead atoms. The zero-order chi connectivity index (χ0) is 16.8. The molecule has 1 aliphatic rings. The minimum atomic E-state index is -1.20. The van der Waals surface area contributed by atoms with Gasteiger partial charge < -0.3 is 20.1 Å². The molecule has 0 saturated carbocycles. The SMILES string of the molecule is Cn1nccc1-c1ncnc2c1ncn2C1O[C@H](CO)[C@@H](O)[C@H]1O. The lowest BCUT2D eigenvalue weighted by Crippen LogP contribution is -2.33. The van der Waals surface area contributed by atoms with Crippen molar-refractivity contribution in [2.75, 3.05) is 6.61 Å². The molecule has 0 aliphatic carbocycles. The molecule has 3 aromatic rings. The molecule has 1 unspecified atom stereocenters. The Morgan fingerprint density at radius 2 is 2.04 bits per heavy atom. The number of rotatable bonds is 3. The van der Waals surface area contributed by atoms with E-state index in [1.165, 1.54) is 17.2 Å². The van der Waals surface area contributed by atoms with Crippen molar-refractivity contribution in [3.63, 3.8) is 0 Å². The van der Waals surface area contributed by atoms with Crippen molar-refractivity contribution in [1.29, 1.82) is 0 Å². The van der Waals surface area contributed by atoms with Crippen molar-refractivity contribution < 1.29 is 20.1 Å². The fourth-order valence-electron chi connectivity index (χ4n) is 2.94. The maximum Gasteiger partial charge on any atom is 0.166 e. The summed E-state index contributed by atoms with van der Waals surface area (Å²) in [6.07, 6.45) is 0.388. The van der Waals surface area contributed by atoms with Crippen molar-refractivity contribution >= 4 is 11.2 Å². The first-order valence-electron chi connectivity index (χ1n) is 7.40. The smallest absolute Gasteiger partial charge is 0.166 e. The first-order valence-corrected chi connectivity index (χ1v) is 7.40. The number of imidazole rings is 1. The van der Waals surface area contributed by atoms with Gasteiger partial charge in [0.1, 0.15) is 35.8 Å². The van der Waals surface area contributed by atoms with Crippen molar-refractivity contribution in [3.05, 3.63) is 24.9 Å². The Morgan fingerprint density at radius 1 is 1.21 bits per heavy atom. The van der Waals surface area contributed by atoms with Gasteiger partial charge in [0.25, 0.3) is 0 Å². The fraction of sp³-hybridized carbons (Fsp3) is 0.429. The van der Waals surface area contributed by atoms with E-state index in [0.29, 0.717) is 16.9 Å². The van der Waals surface area contributed by atoms with E-state index in [1.54, 1.807) is 17.9 Å². The summed E-state index contributed by atoms with van der Waals surface area (Å²) >= 11 is 0. The summed E-state index contributed by atoms with van der Waals surface area (Å²) in [5.74, 6) is 0. The van der Waals surface area contributed by atoms with E-state index < -0.39 is 31.1 Å². The van der Waals surface area contributed by atoms with Crippen LogP contribution in [-0.2, 0) is 11.8 Å². The standard InChI is InChI=1S/C14H16N6O4/c1-19-7(2-3-18-19)9-10-13(16-5-15-9)20(6-17-10)14-12(23)11(22)8(4-21)24-14/h2-3,5-6,8,11-12,14,21-23H,4H2,1H3/t8-,11-,12-,14?/m1/s1. The van der Waals surface area contributed by atoms with Gasteiger partial charge in [0, 0.05) is 13.2 Å². The average Bonchev–Trinajstić information content (AvgIpc) is 3.27. The molecule has 3 N–H and O–H groups in total. The van der Waals surface area contributed by atoms with Crippen molar-refractivity contribution in [2.45, 2.75) is 24.5 Å². The highest BCUT2D eigenvalue weighted by atomic mass is 16.6. The fourth-order valence-corrected chi connectivity index (χ4v) is 2.94. The van der Waals surface area contributed by atoms with Gasteiger partial charge in [-0.1, -0.05) is 0 Å². The van der Waals surface area contributed by atoms with Gasteiger partial charge in [0.2, 0.25) is 0 Å². The van der Waals surface area contributed by atoms with E-state index in [0.717, 1.165) is 5.69 Å². The second-order valence-electron chi connectivity index (χ2n) is 5.62. The van der Waals surface area contributed by atoms with Gasteiger partial charge in [-0.2, -0.15) is 5.10 Å². The first-order chi connectivity index (χ1) is 11.6. The zero-order valence-electron chi connectivity index (χ0n) is 12.8. The monoisotopic (exact) mass is 332 g/mol. The Balaban J connectivity index is 1.81. The highest BCUT2D eigenvalue weighted by Crippen LogP contribution is 2.32. The Morgan fingerprint density at radius 3 is 2.71 bits per heavy atom. The number of aryl methyl sites for hydroxylation is 1. The summed E-state index contributed by atoms with van der Waals surface area (Å²) in [6, 6.07) is 1.81. The number of aliphatic hydroxyl groups is 3. The van der Waals surface area contributed by atoms with Crippen LogP contribution in [0.2, 0.25) is 0 Å². The van der Waals surface area contributed by atoms with Crippen molar-refractivity contribution in [1.82, 2.24) is 29.3 Å². The third-order valence-corrected chi connectivity index (χ3v) is 4.21. The summed E-state index contributed by atoms with van der Waals surface area (Å²) in [7, 11) is 1.80. The topological polar surface area (TPSA) is 131 Å². The van der Waals surface area contributed by atoms with Crippen LogP contribution in [0.5, 0.6) is 0 Å². The van der Waals surface area contributed by atoms with Crippen LogP contribution in [0.25, 0.3) is 22.6 Å². The molecule has 10 heteroatoms. The molecule has 0 aromatic carbocycles. The van der Waals surface area contributed by atoms with E-state index in [4.69, 9.17) is 4.74 Å². The maximum absolute atomic E-state index is 10.2. The molecular formula is C14H16N6O4. The number of fused-ring (bicyclic) bond motifs is 1. The van der Waals surface area contributed by atoms with Crippen LogP contribution in [0, 0.1) is 0 Å². The predicted octanol–water partition coefficient (Wildman–Crippen LogP) is -1.16. The highest BCUT2D eigenvalue weighted by Gasteiger charge is 2.44. The molecule has 1 saturated heterocycles. The first kappa shape index (κ1) is 15.1. The second-order valence-corrected chi connectivity index (χ2v) is 5.62. The Kier molecular flexibility index (Phi) is 3.53. The Labute approximate surface area is 136 Å². The lowest BCUT2D eigenvalue weighted by Gasteiger charge is -2.16. The lowest BCUT2D eigenvalue weighted by atomic mass is 10.1. The molecule has 3 aromatic heterocycles. The number of hydrogen-bond acceptors (Lipinski definition) is 8. The van der Waals surface area contributed by atoms with Crippen LogP contribution in [0.3, 0.4) is 0 Å². The minimum absolute atomic E-state index is 0.392. The number of hydrogen-bond donors (Lipinski definition) is 3. The van der Waals surface area contributed by atoms with Gasteiger partial charge in [-0.15, -0.1) is 0 Å². The number of aliphatic hydroxyl groups excluding tert-OH is 3. The number of aromatic nitrogens is 6. The van der Waals surface area contributed by atoms with Gasteiger partial charge in [-0.05, 0) is 6.07 Å². The van der Waals surface area contributed by atoms with Crippen molar-refractivity contribution in [2.24, 2.45) is 7.05 Å². The van der Waals surface area contributed by atoms with Crippen LogP contribution in [-0.4, -0.2) is 69.5 Å². The minimum Gasteiger partial charge on any atom is -0.394 e. The molecule has 0 radical (unpaired) electrons. The second kappa shape index (κ2) is 5.60. The largest absolute Gasteiger partial charge is 0.394 e. The van der Waals surface area contributed by atoms with E-state index in [1.807, 2.05) is 6.07 Å². The van der Waals surface area contributed by atoms with E-state index in [9.17, 15) is 15.3 Å². The van der Waals surface area contributed by atoms with Crippen LogP contribution in [0.15, 0.2) is 24.9 Å². The van der Waals surface area contributed by atoms with E-state index in [-0.39, 0.29) is 0 Å². The average molecular weight is 332 g/mol. The summed E-state index contributed by atoms with van der Waals surface area (Å²) in [5, 5.41) is 33.5. The third-order valence-electron chi connectivity index (χ3n) is 4.21. The molecule has 4 atom stereocenters. The third kappa shape index (κ3) is 2.12. The van der Waals surface area contributed by atoms with Gasteiger partial charge >= 0.3 is 0 Å². The molecular weight excluding hydrogens is 316 g/mol. The zero-order valence-corrected chi connectivity index (χ0v) is 12.8. The molecule has 1 fully saturated rings. The van der Waals surface area contributed by atoms with Crippen molar-refractivity contribution in [3.8, 4) is 11.4 Å². The van der Waals surface area contributed by atoms with Crippen LogP contribution >= 0.6 is 0 Å². The van der Waals surface area contributed by atoms with Gasteiger partial charge in [-0.25, -0.2) is 15.0 Å². The Hall–Kier alpha value is -2.40. The summed E-state index contributed by atoms with van der Waals surface area (Å²) < 4.78 is 8.74. The summed E-state index contributed by atoms with van der Waals surface area (Å²) in [4.78, 5) is 12.8. The molecule has 1 aliphatic heterocycles. The normalized spacial score (nSPS) is 27.2. The maximum atomic E-state index is 10.2. The number of ether oxygens (including phenoxy) is 1. The summed E-state index contributed by atoms with van der Waals surface area (Å²) in [5.41, 5.74) is 2.36. The van der Waals surface area contributed by atoms with Gasteiger partial charge in [0.05, 0.1) is 18.6 Å². The molecule has 4 heterocycles. The number of nitrogens with zero attached hydrogens (tertiary/aromatic N) is 6. The molecule has 24 heavy (non-hydrogen) atoms. The molecule has 0 amide bonds. The van der Waals surface area contributed by atoms with E-state index >= 15 is 0 Å². The predicted molar refractivity (Wildman–Crippen MR) is 80.5 cm³/mol. The molecule has 126 valence electrons. The molecule has 10 nitrogen and oxygen atoms in total. The van der Waals surface area contributed by atoms with Gasteiger partial charge in [0.15, 0.2) is 11.9 Å². The quantitative estimate of drug-likeness (QED) is 0.547. The molecule has 4 rings (SSSR count). The van der Waals surface area contributed by atoms with Crippen LogP contribution in [0.4, 0.5) is 0 Å². The van der Waals surface area contributed by atoms with Gasteiger partial charge in [-0.3, -0.25) is 9.25 Å².